The molecule has 1 heterocycles. The van der Waals surface area contributed by atoms with Crippen LogP contribution in [-0.4, -0.2) is 28.7 Å². The number of rotatable bonds is 7. The third-order valence-corrected chi connectivity index (χ3v) is 5.89. The highest BCUT2D eigenvalue weighted by atomic mass is 32.2. The summed E-state index contributed by atoms with van der Waals surface area (Å²) in [5.74, 6) is 0. The van der Waals surface area contributed by atoms with E-state index in [1.807, 2.05) is 12.1 Å². The molecule has 0 amide bonds. The van der Waals surface area contributed by atoms with Crippen LogP contribution in [0.4, 0.5) is 13.2 Å². The Labute approximate surface area is 163 Å². The van der Waals surface area contributed by atoms with Crippen molar-refractivity contribution in [1.29, 1.82) is 0 Å². The molecule has 148 valence electrons. The van der Waals surface area contributed by atoms with E-state index in [-0.39, 0.29) is 28.1 Å². The number of nitrogens with zero attached hydrogens (tertiary/aromatic N) is 3. The summed E-state index contributed by atoms with van der Waals surface area (Å²) >= 11 is -0.295. The Morgan fingerprint density at radius 3 is 2.32 bits per heavy atom. The lowest BCUT2D eigenvalue weighted by atomic mass is 10.1. The molecule has 0 aliphatic carbocycles. The first-order chi connectivity index (χ1) is 13.2. The van der Waals surface area contributed by atoms with Gasteiger partial charge >= 0.3 is 5.51 Å². The fraction of sp³-hybridized carbons (Fsp3) is 0.176. The van der Waals surface area contributed by atoms with E-state index in [2.05, 4.69) is 14.8 Å². The second-order valence-corrected chi connectivity index (χ2v) is 8.61. The molecule has 0 spiro atoms. The van der Waals surface area contributed by atoms with Gasteiger partial charge in [-0.05, 0) is 47.2 Å². The maximum absolute atomic E-state index is 12.5. The minimum Gasteiger partial charge on any atom is -0.249 e. The van der Waals surface area contributed by atoms with Gasteiger partial charge in [-0.2, -0.15) is 18.3 Å². The first kappa shape index (κ1) is 20.4. The van der Waals surface area contributed by atoms with Crippen LogP contribution in [0.5, 0.6) is 0 Å². The third kappa shape index (κ3) is 5.57. The highest BCUT2D eigenvalue weighted by molar-refractivity contribution is 8.00. The molecule has 0 atom stereocenters. The van der Waals surface area contributed by atoms with Gasteiger partial charge in [-0.1, -0.05) is 24.3 Å². The molecule has 3 rings (SSSR count). The van der Waals surface area contributed by atoms with Crippen LogP contribution in [0.1, 0.15) is 11.1 Å². The number of hydrogen-bond donors (Lipinski definition) is 1. The van der Waals surface area contributed by atoms with Gasteiger partial charge in [0.15, 0.2) is 0 Å². The van der Waals surface area contributed by atoms with Crippen molar-refractivity contribution in [2.75, 3.05) is 0 Å². The van der Waals surface area contributed by atoms with E-state index >= 15 is 0 Å². The molecule has 6 nitrogen and oxygen atoms in total. The number of nitrogens with one attached hydrogen (secondary N) is 1. The molecule has 0 saturated carbocycles. The smallest absolute Gasteiger partial charge is 0.249 e. The van der Waals surface area contributed by atoms with Crippen LogP contribution in [0.3, 0.4) is 0 Å². The van der Waals surface area contributed by atoms with Crippen molar-refractivity contribution in [2.24, 2.45) is 0 Å². The zero-order valence-electron chi connectivity index (χ0n) is 14.3. The number of halogens is 3. The number of aromatic nitrogens is 3. The molecule has 0 bridgehead atoms. The van der Waals surface area contributed by atoms with Gasteiger partial charge in [-0.15, -0.1) is 0 Å². The number of sulfonamides is 1. The summed E-state index contributed by atoms with van der Waals surface area (Å²) in [5.41, 5.74) is -2.80. The lowest BCUT2D eigenvalue weighted by molar-refractivity contribution is -0.0328. The summed E-state index contributed by atoms with van der Waals surface area (Å²) in [7, 11) is -3.87. The van der Waals surface area contributed by atoms with Crippen molar-refractivity contribution >= 4 is 21.8 Å². The van der Waals surface area contributed by atoms with Crippen LogP contribution in [0.2, 0.25) is 0 Å². The van der Waals surface area contributed by atoms with Gasteiger partial charge in [0, 0.05) is 11.4 Å². The fourth-order valence-electron chi connectivity index (χ4n) is 2.45. The average Bonchev–Trinajstić information content (AvgIpc) is 3.13. The number of benzene rings is 2. The second kappa shape index (κ2) is 8.33. The van der Waals surface area contributed by atoms with Gasteiger partial charge in [-0.25, -0.2) is 22.8 Å². The van der Waals surface area contributed by atoms with Crippen LogP contribution < -0.4 is 4.72 Å². The van der Waals surface area contributed by atoms with Crippen LogP contribution in [-0.2, 0) is 23.1 Å². The molecule has 0 fully saturated rings. The molecule has 0 unspecified atom stereocenters. The van der Waals surface area contributed by atoms with Crippen molar-refractivity contribution in [2.45, 2.75) is 28.4 Å². The molecule has 2 aromatic carbocycles. The molecule has 0 aliphatic rings. The molecule has 0 radical (unpaired) electrons. The maximum atomic E-state index is 12.5. The summed E-state index contributed by atoms with van der Waals surface area (Å²) in [6.45, 7) is 0.466. The quantitative estimate of drug-likeness (QED) is 0.584. The minimum atomic E-state index is -4.42. The standard InChI is InChI=1S/C17H15F3N4O2S2/c18-17(19,20)27-15-5-7-16(8-6-15)28(25,26)23-9-13-3-1-2-4-14(13)10-24-12-21-11-22-24/h1-8,11-12,23H,9-10H2. The molecule has 28 heavy (non-hydrogen) atoms. The Hall–Kier alpha value is -2.37. The summed E-state index contributed by atoms with van der Waals surface area (Å²) in [6, 6.07) is 11.8. The van der Waals surface area contributed by atoms with Crippen molar-refractivity contribution in [3.05, 3.63) is 72.3 Å². The number of thioether (sulfide) groups is 1. The fourth-order valence-corrected chi connectivity index (χ4v) is 4.00. The highest BCUT2D eigenvalue weighted by Gasteiger charge is 2.29. The Kier molecular flexibility index (Phi) is 6.06. The van der Waals surface area contributed by atoms with Crippen molar-refractivity contribution in [3.8, 4) is 0 Å². The second-order valence-electron chi connectivity index (χ2n) is 5.71. The third-order valence-electron chi connectivity index (χ3n) is 3.74. The van der Waals surface area contributed by atoms with Crippen LogP contribution in [0.15, 0.2) is 71.0 Å². The van der Waals surface area contributed by atoms with E-state index in [0.29, 0.717) is 6.54 Å². The van der Waals surface area contributed by atoms with Gasteiger partial charge in [0.1, 0.15) is 12.7 Å². The summed E-state index contributed by atoms with van der Waals surface area (Å²) in [6.07, 6.45) is 2.97. The van der Waals surface area contributed by atoms with E-state index in [4.69, 9.17) is 0 Å². The summed E-state index contributed by atoms with van der Waals surface area (Å²) in [4.78, 5) is 3.69. The van der Waals surface area contributed by atoms with E-state index in [9.17, 15) is 21.6 Å². The minimum absolute atomic E-state index is 0.0340. The van der Waals surface area contributed by atoms with Gasteiger partial charge in [0.05, 0.1) is 11.4 Å². The predicted molar refractivity (Wildman–Crippen MR) is 97.9 cm³/mol. The first-order valence-corrected chi connectivity index (χ1v) is 10.3. The largest absolute Gasteiger partial charge is 0.446 e. The monoisotopic (exact) mass is 428 g/mol. The molecule has 1 N–H and O–H groups in total. The van der Waals surface area contributed by atoms with E-state index in [1.54, 1.807) is 23.1 Å². The average molecular weight is 428 g/mol. The predicted octanol–water partition coefficient (Wildman–Crippen LogP) is 3.42. The van der Waals surface area contributed by atoms with Gasteiger partial charge in [0.25, 0.3) is 0 Å². The molecule has 1 aromatic heterocycles. The first-order valence-electron chi connectivity index (χ1n) is 7.98. The zero-order valence-corrected chi connectivity index (χ0v) is 15.9. The van der Waals surface area contributed by atoms with E-state index in [1.165, 1.54) is 6.33 Å². The van der Waals surface area contributed by atoms with Crippen molar-refractivity contribution in [1.82, 2.24) is 19.5 Å². The van der Waals surface area contributed by atoms with E-state index < -0.39 is 15.5 Å². The van der Waals surface area contributed by atoms with E-state index in [0.717, 1.165) is 35.4 Å². The topological polar surface area (TPSA) is 76.9 Å². The van der Waals surface area contributed by atoms with Crippen LogP contribution in [0, 0.1) is 0 Å². The summed E-state index contributed by atoms with van der Waals surface area (Å²) in [5, 5.41) is 4.03. The lowest BCUT2D eigenvalue weighted by Crippen LogP contribution is -2.24. The normalized spacial score (nSPS) is 12.2. The summed E-state index contributed by atoms with van der Waals surface area (Å²) < 4.78 is 66.2. The van der Waals surface area contributed by atoms with Crippen molar-refractivity contribution in [3.63, 3.8) is 0 Å². The highest BCUT2D eigenvalue weighted by Crippen LogP contribution is 2.36. The maximum Gasteiger partial charge on any atom is 0.446 e. The number of alkyl halides is 3. The SMILES string of the molecule is O=S(=O)(NCc1ccccc1Cn1cncn1)c1ccc(SC(F)(F)F)cc1. The Balaban J connectivity index is 1.70. The van der Waals surface area contributed by atoms with Crippen LogP contribution >= 0.6 is 11.8 Å². The van der Waals surface area contributed by atoms with Gasteiger partial charge in [0.2, 0.25) is 10.0 Å². The van der Waals surface area contributed by atoms with Crippen LogP contribution in [0.25, 0.3) is 0 Å². The van der Waals surface area contributed by atoms with Gasteiger partial charge < -0.3 is 0 Å². The Morgan fingerprint density at radius 2 is 1.71 bits per heavy atom. The number of hydrogen-bond acceptors (Lipinski definition) is 5. The Morgan fingerprint density at radius 1 is 1.04 bits per heavy atom. The zero-order chi connectivity index (χ0) is 20.2. The molecule has 3 aromatic rings. The molecule has 11 heteroatoms. The lowest BCUT2D eigenvalue weighted by Gasteiger charge is -2.12. The molecule has 0 aliphatic heterocycles. The van der Waals surface area contributed by atoms with Gasteiger partial charge in [-0.3, -0.25) is 0 Å². The van der Waals surface area contributed by atoms with Crippen molar-refractivity contribution < 1.29 is 21.6 Å². The molecule has 0 saturated heterocycles. The molecular formula is C17H15F3N4O2S2. The Bertz CT molecular complexity index is 1020. The molecular weight excluding hydrogens is 413 g/mol.